The second-order valence-electron chi connectivity index (χ2n) is 5.21. The zero-order chi connectivity index (χ0) is 19.8. The van der Waals surface area contributed by atoms with Gasteiger partial charge in [-0.05, 0) is 40.5 Å². The van der Waals surface area contributed by atoms with E-state index in [2.05, 4.69) is 36.7 Å². The first-order valence-electron chi connectivity index (χ1n) is 7.94. The molecule has 0 atom stereocenters. The Bertz CT molecular complexity index is 953. The van der Waals surface area contributed by atoms with Crippen LogP contribution in [0.3, 0.4) is 0 Å². The topological polar surface area (TPSA) is 139 Å². The van der Waals surface area contributed by atoms with Gasteiger partial charge in [0.1, 0.15) is 5.69 Å². The number of rotatable bonds is 8. The van der Waals surface area contributed by atoms with Gasteiger partial charge >= 0.3 is 5.69 Å². The standard InChI is InChI=1S/C16H18BrN5O5/c1-3-27-12-7-9(6-10(17)14(12)26-2)8-18-21-13(23)5-4-11-15(24)19-16(25)22-20-11/h6-8H,3-5H2,1-2H3,(H,21,23)(H2,19,22,24,25)/b18-8+. The zero-order valence-electron chi connectivity index (χ0n) is 14.7. The number of halogens is 1. The minimum atomic E-state index is -0.699. The lowest BCUT2D eigenvalue weighted by Gasteiger charge is -2.11. The van der Waals surface area contributed by atoms with E-state index in [9.17, 15) is 14.4 Å². The highest BCUT2D eigenvalue weighted by molar-refractivity contribution is 9.10. The van der Waals surface area contributed by atoms with E-state index in [0.717, 1.165) is 0 Å². The van der Waals surface area contributed by atoms with Crippen molar-refractivity contribution in [1.82, 2.24) is 20.6 Å². The van der Waals surface area contributed by atoms with Crippen LogP contribution in [0.5, 0.6) is 11.5 Å². The van der Waals surface area contributed by atoms with E-state index < -0.39 is 17.2 Å². The smallest absolute Gasteiger partial charge is 0.342 e. The van der Waals surface area contributed by atoms with E-state index in [1.54, 1.807) is 19.2 Å². The number of hydrogen-bond donors (Lipinski definition) is 3. The van der Waals surface area contributed by atoms with Gasteiger partial charge in [0.15, 0.2) is 11.5 Å². The van der Waals surface area contributed by atoms with Gasteiger partial charge in [0, 0.05) is 12.8 Å². The van der Waals surface area contributed by atoms with Crippen LogP contribution >= 0.6 is 15.9 Å². The number of carbonyl (C=O) groups excluding carboxylic acids is 1. The Hall–Kier alpha value is -2.95. The molecule has 3 N–H and O–H groups in total. The predicted octanol–water partition coefficient (Wildman–Crippen LogP) is 0.711. The maximum Gasteiger partial charge on any atom is 0.342 e. The number of hydrazone groups is 1. The molecule has 0 aliphatic heterocycles. The average Bonchev–Trinajstić information content (AvgIpc) is 2.61. The van der Waals surface area contributed by atoms with E-state index >= 15 is 0 Å². The summed E-state index contributed by atoms with van der Waals surface area (Å²) in [6.45, 7) is 2.33. The van der Waals surface area contributed by atoms with Gasteiger partial charge in [-0.3, -0.25) is 14.6 Å². The minimum Gasteiger partial charge on any atom is -0.492 e. The molecule has 0 spiro atoms. The molecule has 1 heterocycles. The van der Waals surface area contributed by atoms with E-state index in [-0.39, 0.29) is 18.5 Å². The summed E-state index contributed by atoms with van der Waals surface area (Å²) in [5.41, 5.74) is 1.79. The molecule has 2 rings (SSSR count). The first-order valence-corrected chi connectivity index (χ1v) is 8.74. The third kappa shape index (κ3) is 5.78. The van der Waals surface area contributed by atoms with Crippen LogP contribution < -0.4 is 26.1 Å². The van der Waals surface area contributed by atoms with E-state index in [4.69, 9.17) is 9.47 Å². The van der Waals surface area contributed by atoms with Crippen molar-refractivity contribution in [2.24, 2.45) is 5.10 Å². The molecule has 0 aliphatic carbocycles. The van der Waals surface area contributed by atoms with E-state index in [1.165, 1.54) is 6.21 Å². The number of hydrogen-bond acceptors (Lipinski definition) is 7. The number of aromatic amines is 2. The number of methoxy groups -OCH3 is 1. The summed E-state index contributed by atoms with van der Waals surface area (Å²) in [6, 6.07) is 3.49. The van der Waals surface area contributed by atoms with Crippen molar-refractivity contribution >= 4 is 28.1 Å². The molecule has 27 heavy (non-hydrogen) atoms. The summed E-state index contributed by atoms with van der Waals surface area (Å²) in [5, 5.41) is 9.59. The second-order valence-corrected chi connectivity index (χ2v) is 6.07. The maximum atomic E-state index is 11.8. The molecule has 0 bridgehead atoms. The van der Waals surface area contributed by atoms with Gasteiger partial charge in [-0.1, -0.05) is 0 Å². The van der Waals surface area contributed by atoms with Crippen LogP contribution in [0, 0.1) is 0 Å². The van der Waals surface area contributed by atoms with Gasteiger partial charge < -0.3 is 9.47 Å². The highest BCUT2D eigenvalue weighted by Gasteiger charge is 2.10. The van der Waals surface area contributed by atoms with Crippen molar-refractivity contribution in [3.05, 3.63) is 48.7 Å². The molecular weight excluding hydrogens is 422 g/mol. The van der Waals surface area contributed by atoms with Crippen molar-refractivity contribution in [1.29, 1.82) is 0 Å². The van der Waals surface area contributed by atoms with Crippen LogP contribution in [0.15, 0.2) is 31.3 Å². The number of ether oxygens (including phenoxy) is 2. The molecular formula is C16H18BrN5O5. The van der Waals surface area contributed by atoms with Gasteiger partial charge in [-0.15, -0.1) is 0 Å². The summed E-state index contributed by atoms with van der Waals surface area (Å²) >= 11 is 3.39. The molecule has 1 aromatic heterocycles. The Balaban J connectivity index is 1.97. The number of amides is 1. The van der Waals surface area contributed by atoms with Gasteiger partial charge in [0.2, 0.25) is 5.91 Å². The first-order chi connectivity index (χ1) is 12.9. The molecule has 1 aromatic carbocycles. The van der Waals surface area contributed by atoms with Gasteiger partial charge in [0.05, 0.1) is 24.4 Å². The Kier molecular flexibility index (Phi) is 7.29. The molecule has 0 unspecified atom stereocenters. The number of benzene rings is 1. The first kappa shape index (κ1) is 20.4. The number of aryl methyl sites for hydroxylation is 1. The van der Waals surface area contributed by atoms with Crippen molar-refractivity contribution in [2.75, 3.05) is 13.7 Å². The molecule has 144 valence electrons. The molecule has 0 aliphatic rings. The Morgan fingerprint density at radius 3 is 2.85 bits per heavy atom. The van der Waals surface area contributed by atoms with Crippen LogP contribution in [-0.2, 0) is 11.2 Å². The largest absolute Gasteiger partial charge is 0.492 e. The summed E-state index contributed by atoms with van der Waals surface area (Å²) in [4.78, 5) is 36.3. The number of aromatic nitrogens is 3. The number of carbonyl (C=O) groups is 1. The number of nitrogens with one attached hydrogen (secondary N) is 3. The molecule has 10 nitrogen and oxygen atoms in total. The Morgan fingerprint density at radius 1 is 1.41 bits per heavy atom. The summed E-state index contributed by atoms with van der Waals surface area (Å²) < 4.78 is 11.5. The lowest BCUT2D eigenvalue weighted by Crippen LogP contribution is -2.28. The fourth-order valence-corrected chi connectivity index (χ4v) is 2.75. The van der Waals surface area contributed by atoms with E-state index in [1.807, 2.05) is 11.9 Å². The Morgan fingerprint density at radius 2 is 2.19 bits per heavy atom. The fourth-order valence-electron chi connectivity index (χ4n) is 2.13. The van der Waals surface area contributed by atoms with Gasteiger partial charge in [-0.2, -0.15) is 10.2 Å². The third-order valence-corrected chi connectivity index (χ3v) is 3.90. The van der Waals surface area contributed by atoms with Crippen LogP contribution in [0.1, 0.15) is 24.6 Å². The summed E-state index contributed by atoms with van der Waals surface area (Å²) in [6.07, 6.45) is 1.50. The molecule has 2 aromatic rings. The normalized spacial score (nSPS) is 10.8. The lowest BCUT2D eigenvalue weighted by molar-refractivity contribution is -0.121. The van der Waals surface area contributed by atoms with Crippen molar-refractivity contribution in [2.45, 2.75) is 19.8 Å². The third-order valence-electron chi connectivity index (χ3n) is 3.31. The van der Waals surface area contributed by atoms with Gasteiger partial charge in [-0.25, -0.2) is 15.3 Å². The van der Waals surface area contributed by atoms with Crippen molar-refractivity contribution in [3.8, 4) is 11.5 Å². The van der Waals surface area contributed by atoms with Crippen LogP contribution in [-0.4, -0.2) is 41.0 Å². The van der Waals surface area contributed by atoms with E-state index in [0.29, 0.717) is 28.1 Å². The molecule has 0 fully saturated rings. The molecule has 1 amide bonds. The SMILES string of the molecule is CCOc1cc(/C=N/NC(=O)CCc2n[nH]c(=O)[nH]c2=O)cc(Br)c1OC. The Labute approximate surface area is 162 Å². The van der Waals surface area contributed by atoms with Crippen molar-refractivity contribution < 1.29 is 14.3 Å². The minimum absolute atomic E-state index is 0.0179. The quantitative estimate of drug-likeness (QED) is 0.408. The van der Waals surface area contributed by atoms with Gasteiger partial charge in [0.25, 0.3) is 5.56 Å². The van der Waals surface area contributed by atoms with Crippen LogP contribution in [0.25, 0.3) is 0 Å². The highest BCUT2D eigenvalue weighted by Crippen LogP contribution is 2.36. The average molecular weight is 440 g/mol. The summed E-state index contributed by atoms with van der Waals surface area (Å²) in [7, 11) is 1.54. The number of H-pyrrole nitrogens is 2. The molecule has 0 saturated heterocycles. The predicted molar refractivity (Wildman–Crippen MR) is 101 cm³/mol. The van der Waals surface area contributed by atoms with Crippen molar-refractivity contribution in [3.63, 3.8) is 0 Å². The molecule has 0 radical (unpaired) electrons. The van der Waals surface area contributed by atoms with Crippen LogP contribution in [0.2, 0.25) is 0 Å². The fraction of sp³-hybridized carbons (Fsp3) is 0.312. The maximum absolute atomic E-state index is 11.8. The highest BCUT2D eigenvalue weighted by atomic mass is 79.9. The zero-order valence-corrected chi connectivity index (χ0v) is 16.3. The number of nitrogens with zero attached hydrogens (tertiary/aromatic N) is 2. The molecule has 0 saturated carbocycles. The second kappa shape index (κ2) is 9.67. The molecule has 11 heteroatoms. The lowest BCUT2D eigenvalue weighted by atomic mass is 10.2. The van der Waals surface area contributed by atoms with Crippen LogP contribution in [0.4, 0.5) is 0 Å². The summed E-state index contributed by atoms with van der Waals surface area (Å²) in [5.74, 6) is 0.707. The monoisotopic (exact) mass is 439 g/mol.